The van der Waals surface area contributed by atoms with Crippen LogP contribution in [0.2, 0.25) is 0 Å². The van der Waals surface area contributed by atoms with Crippen molar-refractivity contribution >= 4 is 23.4 Å². The van der Waals surface area contributed by atoms with Gasteiger partial charge in [0.25, 0.3) is 11.8 Å². The third-order valence-electron chi connectivity index (χ3n) is 5.94. The Hall–Kier alpha value is -3.19. The van der Waals surface area contributed by atoms with E-state index < -0.39 is 17.9 Å². The maximum absolute atomic E-state index is 13.1. The van der Waals surface area contributed by atoms with Gasteiger partial charge in [-0.25, -0.2) is 0 Å². The highest BCUT2D eigenvalue weighted by atomic mass is 16.2. The third-order valence-corrected chi connectivity index (χ3v) is 5.94. The highest BCUT2D eigenvalue weighted by molar-refractivity contribution is 6.22. The van der Waals surface area contributed by atoms with Gasteiger partial charge in [0.2, 0.25) is 5.91 Å². The SMILES string of the molecule is CC(C(=O)N1CCN(c2cccc(CN(C)C)c2)CC1)N1C(=O)c2ccccc2C1=O. The number of hydrogen-bond donors (Lipinski definition) is 0. The monoisotopic (exact) mass is 420 g/mol. The smallest absolute Gasteiger partial charge is 0.262 e. The molecule has 7 heteroatoms. The van der Waals surface area contributed by atoms with E-state index in [1.165, 1.54) is 5.56 Å². The summed E-state index contributed by atoms with van der Waals surface area (Å²) in [4.78, 5) is 45.8. The molecular formula is C24H28N4O3. The number of piperazine rings is 1. The second-order valence-electron chi connectivity index (χ2n) is 8.42. The summed E-state index contributed by atoms with van der Waals surface area (Å²) in [5.74, 6) is -0.967. The van der Waals surface area contributed by atoms with Crippen molar-refractivity contribution in [2.24, 2.45) is 0 Å². The topological polar surface area (TPSA) is 64.2 Å². The summed E-state index contributed by atoms with van der Waals surface area (Å²) in [6.07, 6.45) is 0. The Bertz CT molecular complexity index is 976. The zero-order valence-corrected chi connectivity index (χ0v) is 18.2. The molecule has 2 aromatic rings. The van der Waals surface area contributed by atoms with E-state index in [1.807, 2.05) is 14.1 Å². The van der Waals surface area contributed by atoms with E-state index in [9.17, 15) is 14.4 Å². The fraction of sp³-hybridized carbons (Fsp3) is 0.375. The van der Waals surface area contributed by atoms with Gasteiger partial charge in [-0.1, -0.05) is 24.3 Å². The van der Waals surface area contributed by atoms with Gasteiger partial charge in [-0.3, -0.25) is 19.3 Å². The number of hydrogen-bond acceptors (Lipinski definition) is 5. The average Bonchev–Trinajstić information content (AvgIpc) is 3.03. The van der Waals surface area contributed by atoms with Crippen molar-refractivity contribution in [1.29, 1.82) is 0 Å². The van der Waals surface area contributed by atoms with Crippen LogP contribution in [0.4, 0.5) is 5.69 Å². The predicted octanol–water partition coefficient (Wildman–Crippen LogP) is 2.08. The van der Waals surface area contributed by atoms with Gasteiger partial charge in [0.05, 0.1) is 11.1 Å². The number of amides is 3. The van der Waals surface area contributed by atoms with Crippen LogP contribution in [-0.2, 0) is 11.3 Å². The standard InChI is InChI=1S/C24H28N4O3/c1-17(28-23(30)20-9-4-5-10-21(20)24(28)31)22(29)27-13-11-26(12-14-27)19-8-6-7-18(15-19)16-25(2)3/h4-10,15,17H,11-14,16H2,1-3H3. The molecule has 4 rings (SSSR count). The first-order chi connectivity index (χ1) is 14.9. The fourth-order valence-electron chi connectivity index (χ4n) is 4.34. The first-order valence-electron chi connectivity index (χ1n) is 10.6. The molecule has 1 saturated heterocycles. The van der Waals surface area contributed by atoms with Gasteiger partial charge in [0, 0.05) is 38.4 Å². The van der Waals surface area contributed by atoms with E-state index in [1.54, 1.807) is 36.1 Å². The molecule has 0 spiro atoms. The number of anilines is 1. The maximum atomic E-state index is 13.1. The molecule has 7 nitrogen and oxygen atoms in total. The Kier molecular flexibility index (Phi) is 5.78. The van der Waals surface area contributed by atoms with Crippen LogP contribution in [0.3, 0.4) is 0 Å². The van der Waals surface area contributed by atoms with Crippen molar-refractivity contribution in [3.63, 3.8) is 0 Å². The molecule has 2 heterocycles. The lowest BCUT2D eigenvalue weighted by Crippen LogP contribution is -2.55. The van der Waals surface area contributed by atoms with Crippen molar-refractivity contribution < 1.29 is 14.4 Å². The lowest BCUT2D eigenvalue weighted by molar-refractivity contribution is -0.135. The van der Waals surface area contributed by atoms with Crippen molar-refractivity contribution in [3.8, 4) is 0 Å². The molecule has 0 N–H and O–H groups in total. The molecule has 1 unspecified atom stereocenters. The van der Waals surface area contributed by atoms with E-state index in [2.05, 4.69) is 34.1 Å². The molecule has 2 aliphatic heterocycles. The van der Waals surface area contributed by atoms with Gasteiger partial charge in [-0.15, -0.1) is 0 Å². The van der Waals surface area contributed by atoms with E-state index in [0.717, 1.165) is 17.1 Å². The molecule has 31 heavy (non-hydrogen) atoms. The Morgan fingerprint density at radius 1 is 0.935 bits per heavy atom. The summed E-state index contributed by atoms with van der Waals surface area (Å²) in [5.41, 5.74) is 3.14. The summed E-state index contributed by atoms with van der Waals surface area (Å²) in [7, 11) is 4.10. The molecule has 0 radical (unpaired) electrons. The van der Waals surface area contributed by atoms with Crippen molar-refractivity contribution in [2.75, 3.05) is 45.2 Å². The number of rotatable bonds is 5. The molecule has 162 valence electrons. The molecule has 3 amide bonds. The first kappa shape index (κ1) is 21.1. The van der Waals surface area contributed by atoms with Crippen LogP contribution in [0.25, 0.3) is 0 Å². The summed E-state index contributed by atoms with van der Waals surface area (Å²) in [6, 6.07) is 14.4. The van der Waals surface area contributed by atoms with Gasteiger partial charge < -0.3 is 14.7 Å². The minimum Gasteiger partial charge on any atom is -0.368 e. The Labute approximate surface area is 182 Å². The zero-order valence-electron chi connectivity index (χ0n) is 18.2. The Morgan fingerprint density at radius 2 is 1.55 bits per heavy atom. The minimum absolute atomic E-state index is 0.185. The van der Waals surface area contributed by atoms with Gasteiger partial charge in [0.15, 0.2) is 0 Å². The number of carbonyl (C=O) groups is 3. The number of imide groups is 1. The van der Waals surface area contributed by atoms with Gasteiger partial charge in [-0.2, -0.15) is 0 Å². The third kappa shape index (κ3) is 4.05. The maximum Gasteiger partial charge on any atom is 0.262 e. The highest BCUT2D eigenvalue weighted by Crippen LogP contribution is 2.26. The van der Waals surface area contributed by atoms with E-state index >= 15 is 0 Å². The summed E-state index contributed by atoms with van der Waals surface area (Å²) < 4.78 is 0. The largest absolute Gasteiger partial charge is 0.368 e. The lowest BCUT2D eigenvalue weighted by atomic mass is 10.1. The zero-order chi connectivity index (χ0) is 22.1. The van der Waals surface area contributed by atoms with Crippen LogP contribution in [0.1, 0.15) is 33.2 Å². The van der Waals surface area contributed by atoms with Crippen LogP contribution < -0.4 is 4.90 Å². The van der Waals surface area contributed by atoms with Crippen molar-refractivity contribution in [2.45, 2.75) is 19.5 Å². The van der Waals surface area contributed by atoms with Crippen LogP contribution in [0, 0.1) is 0 Å². The number of nitrogens with zero attached hydrogens (tertiary/aromatic N) is 4. The second-order valence-corrected chi connectivity index (χ2v) is 8.42. The molecule has 2 aromatic carbocycles. The van der Waals surface area contributed by atoms with Crippen LogP contribution in [0.5, 0.6) is 0 Å². The number of benzene rings is 2. The Balaban J connectivity index is 1.40. The highest BCUT2D eigenvalue weighted by Gasteiger charge is 2.42. The van der Waals surface area contributed by atoms with Gasteiger partial charge in [0.1, 0.15) is 6.04 Å². The molecule has 1 atom stereocenters. The summed E-state index contributed by atoms with van der Waals surface area (Å²) in [6.45, 7) is 5.07. The molecule has 0 saturated carbocycles. The van der Waals surface area contributed by atoms with E-state index in [4.69, 9.17) is 0 Å². The molecule has 0 aromatic heterocycles. The molecule has 2 aliphatic rings. The minimum atomic E-state index is -0.817. The van der Waals surface area contributed by atoms with Crippen molar-refractivity contribution in [3.05, 3.63) is 65.2 Å². The average molecular weight is 421 g/mol. The van der Waals surface area contributed by atoms with E-state index in [-0.39, 0.29) is 5.91 Å². The predicted molar refractivity (Wildman–Crippen MR) is 119 cm³/mol. The molecule has 0 aliphatic carbocycles. The van der Waals surface area contributed by atoms with Crippen LogP contribution in [0.15, 0.2) is 48.5 Å². The fourth-order valence-corrected chi connectivity index (χ4v) is 4.34. The van der Waals surface area contributed by atoms with Gasteiger partial charge in [-0.05, 0) is 50.8 Å². The summed E-state index contributed by atoms with van der Waals surface area (Å²) in [5, 5.41) is 0. The lowest BCUT2D eigenvalue weighted by Gasteiger charge is -2.38. The molecule has 1 fully saturated rings. The molecular weight excluding hydrogens is 392 g/mol. The number of carbonyl (C=O) groups excluding carboxylic acids is 3. The van der Waals surface area contributed by atoms with E-state index in [0.29, 0.717) is 37.3 Å². The van der Waals surface area contributed by atoms with Gasteiger partial charge >= 0.3 is 0 Å². The van der Waals surface area contributed by atoms with Crippen molar-refractivity contribution in [1.82, 2.24) is 14.7 Å². The summed E-state index contributed by atoms with van der Waals surface area (Å²) >= 11 is 0. The molecule has 0 bridgehead atoms. The Morgan fingerprint density at radius 3 is 2.13 bits per heavy atom. The normalized spacial score (nSPS) is 17.4. The second kappa shape index (κ2) is 8.51. The number of fused-ring (bicyclic) bond motifs is 1. The quantitative estimate of drug-likeness (QED) is 0.693. The first-order valence-corrected chi connectivity index (χ1v) is 10.6. The van der Waals surface area contributed by atoms with Crippen LogP contribution in [-0.4, -0.2) is 78.7 Å². The van der Waals surface area contributed by atoms with Crippen LogP contribution >= 0.6 is 0 Å².